The normalized spacial score (nSPS) is 38.8. The van der Waals surface area contributed by atoms with Crippen molar-refractivity contribution in [3.05, 3.63) is 29.8 Å². The van der Waals surface area contributed by atoms with Crippen LogP contribution in [0, 0.1) is 12.3 Å². The molecule has 1 saturated carbocycles. The highest BCUT2D eigenvalue weighted by atomic mass is 32.7. The summed E-state index contributed by atoms with van der Waals surface area (Å²) in [6.07, 6.45) is 2.31. The van der Waals surface area contributed by atoms with Crippen molar-refractivity contribution in [3.8, 4) is 5.75 Å². The van der Waals surface area contributed by atoms with Crippen LogP contribution < -0.4 is 14.7 Å². The summed E-state index contributed by atoms with van der Waals surface area (Å²) in [6, 6.07) is 8.54. The Morgan fingerprint density at radius 2 is 1.90 bits per heavy atom. The van der Waals surface area contributed by atoms with Gasteiger partial charge in [0.2, 0.25) is 6.99 Å². The largest absolute Gasteiger partial charge is 0.476 e. The molecule has 1 heterocycles. The predicted octanol–water partition coefficient (Wildman–Crippen LogP) is 3.74. The van der Waals surface area contributed by atoms with E-state index >= 15 is 0 Å². The monoisotopic (exact) mass is 310 g/mol. The molecule has 2 N–H and O–H groups in total. The van der Waals surface area contributed by atoms with E-state index in [0.29, 0.717) is 6.04 Å². The van der Waals surface area contributed by atoms with E-state index in [4.69, 9.17) is 16.8 Å². The van der Waals surface area contributed by atoms with Gasteiger partial charge in [-0.05, 0) is 38.8 Å². The molecule has 2 aliphatic rings. The van der Waals surface area contributed by atoms with Gasteiger partial charge in [0.25, 0.3) is 0 Å². The molecule has 0 aromatic heterocycles. The van der Waals surface area contributed by atoms with Crippen LogP contribution in [0.1, 0.15) is 39.2 Å². The minimum Gasteiger partial charge on any atom is -0.476 e. The first kappa shape index (κ1) is 14.6. The molecule has 1 aromatic carbocycles. The van der Waals surface area contributed by atoms with Crippen LogP contribution in [0.5, 0.6) is 5.75 Å². The fourth-order valence-electron chi connectivity index (χ4n) is 3.29. The number of aryl methyl sites for hydroxylation is 1. The van der Waals surface area contributed by atoms with Crippen molar-refractivity contribution in [2.45, 2.75) is 52.1 Å². The lowest BCUT2D eigenvalue weighted by Gasteiger charge is -2.51. The number of benzene rings is 1. The molecule has 2 fully saturated rings. The lowest BCUT2D eigenvalue weighted by molar-refractivity contribution is 0.160. The first-order valence-electron chi connectivity index (χ1n) is 7.18. The van der Waals surface area contributed by atoms with Crippen molar-refractivity contribution in [2.75, 3.05) is 0 Å². The first-order valence-corrected chi connectivity index (χ1v) is 9.90. The highest BCUT2D eigenvalue weighted by Crippen LogP contribution is 2.63. The molecule has 0 amide bonds. The second kappa shape index (κ2) is 4.61. The Labute approximate surface area is 127 Å². The van der Waals surface area contributed by atoms with E-state index < -0.39 is 6.99 Å². The fraction of sp³-hybridized carbons (Fsp3) is 0.600. The van der Waals surface area contributed by atoms with Gasteiger partial charge in [0.15, 0.2) is 5.75 Å². The zero-order valence-corrected chi connectivity index (χ0v) is 14.3. The third kappa shape index (κ3) is 2.27. The maximum absolute atomic E-state index is 6.14. The molecule has 0 spiro atoms. The van der Waals surface area contributed by atoms with Gasteiger partial charge in [0.05, 0.1) is 11.6 Å². The van der Waals surface area contributed by atoms with Crippen molar-refractivity contribution in [3.63, 3.8) is 0 Å². The summed E-state index contributed by atoms with van der Waals surface area (Å²) in [4.78, 5) is 0. The molecule has 2 bridgehead atoms. The van der Waals surface area contributed by atoms with Crippen LogP contribution in [0.15, 0.2) is 24.3 Å². The van der Waals surface area contributed by atoms with E-state index in [-0.39, 0.29) is 11.0 Å². The van der Waals surface area contributed by atoms with Crippen LogP contribution in [0.3, 0.4) is 0 Å². The Kier molecular flexibility index (Phi) is 3.37. The molecule has 0 radical (unpaired) electrons. The van der Waals surface area contributed by atoms with E-state index in [9.17, 15) is 0 Å². The highest BCUT2D eigenvalue weighted by Gasteiger charge is 2.61. The maximum Gasteiger partial charge on any atom is 0.212 e. The predicted molar refractivity (Wildman–Crippen MR) is 87.6 cm³/mol. The topological polar surface area (TPSA) is 33.3 Å². The van der Waals surface area contributed by atoms with Crippen LogP contribution in [0.25, 0.3) is 0 Å². The van der Waals surface area contributed by atoms with E-state index in [2.05, 4.69) is 50.0 Å². The van der Waals surface area contributed by atoms with Gasteiger partial charge >= 0.3 is 0 Å². The van der Waals surface area contributed by atoms with Crippen LogP contribution >= 0.6 is 6.99 Å². The SMILES string of the molecule is Cc1ccc(O[P+]2([S-])N[C@H]3CC[C@@](C)(N2)C3(C)C)cc1. The molecule has 110 valence electrons. The second-order valence-electron chi connectivity index (χ2n) is 6.84. The Bertz CT molecular complexity index is 521. The number of rotatable bonds is 2. The van der Waals surface area contributed by atoms with Crippen molar-refractivity contribution >= 4 is 19.2 Å². The average molecular weight is 310 g/mol. The molecule has 1 aliphatic heterocycles. The summed E-state index contributed by atoms with van der Waals surface area (Å²) in [6.45, 7) is 6.78. The zero-order valence-electron chi connectivity index (χ0n) is 12.6. The van der Waals surface area contributed by atoms with Gasteiger partial charge in [-0.15, -0.1) is 0 Å². The lowest BCUT2D eigenvalue weighted by Crippen LogP contribution is -2.62. The summed E-state index contributed by atoms with van der Waals surface area (Å²) < 4.78 is 6.14. The molecule has 1 saturated heterocycles. The van der Waals surface area contributed by atoms with Gasteiger partial charge in [-0.2, -0.15) is 10.2 Å². The number of hydrogen-bond acceptors (Lipinski definition) is 4. The van der Waals surface area contributed by atoms with Crippen LogP contribution in [-0.2, 0) is 12.2 Å². The summed E-state index contributed by atoms with van der Waals surface area (Å²) in [5.41, 5.74) is 1.49. The van der Waals surface area contributed by atoms with E-state index in [1.54, 1.807) is 0 Å². The Morgan fingerprint density at radius 1 is 1.25 bits per heavy atom. The molecule has 3 nitrogen and oxygen atoms in total. The second-order valence-corrected chi connectivity index (χ2v) is 10.2. The Hall–Kier alpha value is -0.280. The average Bonchev–Trinajstić information content (AvgIpc) is 2.49. The molecule has 20 heavy (non-hydrogen) atoms. The summed E-state index contributed by atoms with van der Waals surface area (Å²) >= 11 is 5.80. The highest BCUT2D eigenvalue weighted by molar-refractivity contribution is 8.38. The van der Waals surface area contributed by atoms with E-state index in [1.807, 2.05) is 12.1 Å². The standard InChI is InChI=1S/C15H23N2OPS/c1-11-5-7-12(8-6-11)18-19(20)16-13-9-10-15(4,17-19)14(13,2)3/h5-8,13H,9-10H2,1-4H3,(H2,16,17,20)/t13-,15+,19?/m0/s1. The molecule has 1 aromatic rings. The summed E-state index contributed by atoms with van der Waals surface area (Å²) in [5, 5.41) is 7.24. The van der Waals surface area contributed by atoms with Crippen LogP contribution in [0.4, 0.5) is 0 Å². The third-order valence-corrected chi connectivity index (χ3v) is 7.92. The number of fused-ring (bicyclic) bond motifs is 2. The van der Waals surface area contributed by atoms with Crippen molar-refractivity contribution < 1.29 is 4.52 Å². The van der Waals surface area contributed by atoms with Gasteiger partial charge in [-0.3, -0.25) is 0 Å². The summed E-state index contributed by atoms with van der Waals surface area (Å²) in [5.74, 6) is 0.849. The molecular formula is C15H23N2OPS. The van der Waals surface area contributed by atoms with E-state index in [0.717, 1.165) is 18.6 Å². The number of hydrogen-bond donors (Lipinski definition) is 2. The Morgan fingerprint density at radius 3 is 2.50 bits per heavy atom. The minimum absolute atomic E-state index is 0.0587. The quantitative estimate of drug-likeness (QED) is 0.644. The summed E-state index contributed by atoms with van der Waals surface area (Å²) in [7, 11) is 0. The van der Waals surface area contributed by atoms with Crippen LogP contribution in [0.2, 0.25) is 0 Å². The number of nitrogens with one attached hydrogen (secondary N) is 2. The Balaban J connectivity index is 1.83. The fourth-order valence-corrected chi connectivity index (χ4v) is 7.02. The molecule has 1 unspecified atom stereocenters. The molecular weight excluding hydrogens is 287 g/mol. The molecule has 5 heteroatoms. The molecule has 3 rings (SSSR count). The lowest BCUT2D eigenvalue weighted by atomic mass is 9.75. The zero-order chi connectivity index (χ0) is 14.6. The van der Waals surface area contributed by atoms with Gasteiger partial charge in [-0.1, -0.05) is 31.5 Å². The van der Waals surface area contributed by atoms with Crippen LogP contribution in [-0.4, -0.2) is 11.6 Å². The van der Waals surface area contributed by atoms with Crippen molar-refractivity contribution in [1.82, 2.24) is 10.2 Å². The molecule has 3 atom stereocenters. The first-order chi connectivity index (χ1) is 9.24. The van der Waals surface area contributed by atoms with Gasteiger partial charge < -0.3 is 16.8 Å². The molecule has 1 aliphatic carbocycles. The van der Waals surface area contributed by atoms with Gasteiger partial charge in [0.1, 0.15) is 0 Å². The van der Waals surface area contributed by atoms with Gasteiger partial charge in [-0.25, -0.2) is 0 Å². The smallest absolute Gasteiger partial charge is 0.212 e. The van der Waals surface area contributed by atoms with Gasteiger partial charge in [0, 0.05) is 5.41 Å². The van der Waals surface area contributed by atoms with Crippen molar-refractivity contribution in [1.29, 1.82) is 0 Å². The minimum atomic E-state index is -2.21. The van der Waals surface area contributed by atoms with E-state index in [1.165, 1.54) is 5.56 Å². The third-order valence-electron chi connectivity index (χ3n) is 5.20. The van der Waals surface area contributed by atoms with Crippen molar-refractivity contribution in [2.24, 2.45) is 5.41 Å². The maximum atomic E-state index is 6.14.